The monoisotopic (exact) mass is 306 g/mol. The Hall–Kier alpha value is -1.95. The quantitative estimate of drug-likeness (QED) is 0.576. The lowest BCUT2D eigenvalue weighted by Gasteiger charge is -2.27. The molecule has 0 radical (unpaired) electrons. The second-order valence-electron chi connectivity index (χ2n) is 5.27. The average molecular weight is 306 g/mol. The Balaban J connectivity index is 2.09. The van der Waals surface area contributed by atoms with Gasteiger partial charge in [0.15, 0.2) is 0 Å². The fourth-order valence-corrected chi connectivity index (χ4v) is 3.17. The van der Waals surface area contributed by atoms with Crippen LogP contribution < -0.4 is 0 Å². The smallest absolute Gasteiger partial charge is 0.0969 e. The van der Waals surface area contributed by atoms with E-state index >= 15 is 0 Å². The van der Waals surface area contributed by atoms with Gasteiger partial charge in [0.05, 0.1) is 6.10 Å². The highest BCUT2D eigenvalue weighted by Gasteiger charge is 2.26. The Kier molecular flexibility index (Phi) is 5.00. The van der Waals surface area contributed by atoms with E-state index in [4.69, 9.17) is 4.52 Å². The van der Waals surface area contributed by atoms with E-state index in [0.717, 1.165) is 0 Å². The van der Waals surface area contributed by atoms with Crippen molar-refractivity contribution in [3.05, 3.63) is 108 Å². The van der Waals surface area contributed by atoms with Crippen molar-refractivity contribution in [1.29, 1.82) is 0 Å². The molecule has 0 bridgehead atoms. The van der Waals surface area contributed by atoms with Crippen molar-refractivity contribution >= 4 is 9.47 Å². The van der Waals surface area contributed by atoms with Gasteiger partial charge < -0.3 is 4.52 Å². The zero-order valence-corrected chi connectivity index (χ0v) is 13.5. The topological polar surface area (TPSA) is 9.23 Å². The van der Waals surface area contributed by atoms with Crippen molar-refractivity contribution in [3.63, 3.8) is 0 Å². The van der Waals surface area contributed by atoms with Gasteiger partial charge in [0.25, 0.3) is 0 Å². The maximum atomic E-state index is 5.82. The molecule has 0 saturated heterocycles. The number of hydrogen-bond acceptors (Lipinski definition) is 1. The van der Waals surface area contributed by atoms with Crippen LogP contribution in [0.25, 0.3) is 0 Å². The molecular weight excluding hydrogens is 287 g/mol. The van der Waals surface area contributed by atoms with Gasteiger partial charge in [0, 0.05) is 15.4 Å². The van der Waals surface area contributed by atoms with Crippen molar-refractivity contribution in [1.82, 2.24) is 0 Å². The molecule has 0 aliphatic carbocycles. The summed E-state index contributed by atoms with van der Waals surface area (Å²) in [6.07, 6.45) is -0.0454. The highest BCUT2D eigenvalue weighted by atomic mass is 31.0. The molecule has 22 heavy (non-hydrogen) atoms. The number of benzene rings is 3. The van der Waals surface area contributed by atoms with Crippen molar-refractivity contribution < 1.29 is 4.52 Å². The molecule has 0 fully saturated rings. The van der Waals surface area contributed by atoms with Gasteiger partial charge in [0.2, 0.25) is 0 Å². The Morgan fingerprint density at radius 2 is 0.909 bits per heavy atom. The maximum Gasteiger partial charge on any atom is 0.0969 e. The minimum absolute atomic E-state index is 0.0454. The van der Waals surface area contributed by atoms with Crippen LogP contribution in [0.2, 0.25) is 0 Å². The van der Waals surface area contributed by atoms with Gasteiger partial charge >= 0.3 is 0 Å². The van der Waals surface area contributed by atoms with Crippen LogP contribution in [0.3, 0.4) is 0 Å². The molecule has 2 unspecified atom stereocenters. The molecular formula is C20H19OP. The number of hydrogen-bond donors (Lipinski definition) is 0. The molecule has 110 valence electrons. The molecule has 1 nitrogen and oxygen atoms in total. The van der Waals surface area contributed by atoms with Crippen LogP contribution in [-0.4, -0.2) is 0 Å². The summed E-state index contributed by atoms with van der Waals surface area (Å²) in [6, 6.07) is 31.4. The fourth-order valence-electron chi connectivity index (χ4n) is 2.86. The molecule has 3 rings (SSSR count). The predicted molar refractivity (Wildman–Crippen MR) is 94.7 cm³/mol. The summed E-state index contributed by atoms with van der Waals surface area (Å²) in [5, 5.41) is 0. The Morgan fingerprint density at radius 1 is 0.545 bits per heavy atom. The first-order valence-corrected chi connectivity index (χ1v) is 7.87. The van der Waals surface area contributed by atoms with Gasteiger partial charge in [0.1, 0.15) is 0 Å². The second kappa shape index (κ2) is 7.35. The lowest BCUT2D eigenvalue weighted by atomic mass is 9.84. The fraction of sp³-hybridized carbons (Fsp3) is 0.100. The lowest BCUT2D eigenvalue weighted by molar-refractivity contribution is 0.223. The van der Waals surface area contributed by atoms with Crippen molar-refractivity contribution in [3.8, 4) is 0 Å². The molecule has 0 aromatic heterocycles. The van der Waals surface area contributed by atoms with Crippen LogP contribution in [0.1, 0.15) is 28.7 Å². The molecule has 0 saturated carbocycles. The third-order valence-corrected chi connectivity index (χ3v) is 4.19. The molecule has 0 N–H and O–H groups in total. The Morgan fingerprint density at radius 3 is 1.27 bits per heavy atom. The Labute approximate surface area is 134 Å². The van der Waals surface area contributed by atoms with E-state index in [0.29, 0.717) is 0 Å². The van der Waals surface area contributed by atoms with Gasteiger partial charge in [-0.3, -0.25) is 0 Å². The highest BCUT2D eigenvalue weighted by Crippen LogP contribution is 2.40. The third kappa shape index (κ3) is 3.27. The van der Waals surface area contributed by atoms with E-state index in [1.807, 2.05) is 18.2 Å². The van der Waals surface area contributed by atoms with Gasteiger partial charge in [-0.1, -0.05) is 91.0 Å². The minimum Gasteiger partial charge on any atom is -0.357 e. The summed E-state index contributed by atoms with van der Waals surface area (Å²) in [6.45, 7) is 0. The molecule has 3 aromatic carbocycles. The molecule has 0 heterocycles. The van der Waals surface area contributed by atoms with E-state index in [9.17, 15) is 0 Å². The molecule has 0 aliphatic heterocycles. The second-order valence-corrected chi connectivity index (χ2v) is 5.54. The summed E-state index contributed by atoms with van der Waals surface area (Å²) < 4.78 is 5.82. The predicted octanol–water partition coefficient (Wildman–Crippen LogP) is 5.37. The number of rotatable bonds is 5. The SMILES string of the molecule is POC(c1ccccc1)C(c1ccccc1)c1ccccc1. The summed E-state index contributed by atoms with van der Waals surface area (Å²) >= 11 is 0. The first-order valence-electron chi connectivity index (χ1n) is 7.40. The first-order chi connectivity index (χ1) is 10.9. The van der Waals surface area contributed by atoms with Crippen molar-refractivity contribution in [2.45, 2.75) is 12.0 Å². The van der Waals surface area contributed by atoms with Crippen LogP contribution in [0.5, 0.6) is 0 Å². The zero-order valence-electron chi connectivity index (χ0n) is 12.3. The summed E-state index contributed by atoms with van der Waals surface area (Å²) in [5.41, 5.74) is 3.69. The average Bonchev–Trinajstić information content (AvgIpc) is 2.62. The van der Waals surface area contributed by atoms with Gasteiger partial charge in [-0.2, -0.15) is 0 Å². The highest BCUT2D eigenvalue weighted by molar-refractivity contribution is 7.09. The first kappa shape index (κ1) is 15.0. The molecule has 2 heteroatoms. The third-order valence-electron chi connectivity index (χ3n) is 3.89. The summed E-state index contributed by atoms with van der Waals surface area (Å²) in [5.74, 6) is 0.155. The minimum atomic E-state index is -0.0454. The zero-order chi connectivity index (χ0) is 15.2. The maximum absolute atomic E-state index is 5.82. The standard InChI is InChI=1S/C20H19OP/c22-21-20(18-14-8-3-9-15-18)19(16-10-4-1-5-11-16)17-12-6-2-7-13-17/h1-15,19-20H,22H2. The van der Waals surface area contributed by atoms with Crippen LogP contribution in [0, 0.1) is 0 Å². The van der Waals surface area contributed by atoms with Gasteiger partial charge in [-0.05, 0) is 16.7 Å². The van der Waals surface area contributed by atoms with E-state index in [-0.39, 0.29) is 12.0 Å². The van der Waals surface area contributed by atoms with E-state index in [1.165, 1.54) is 16.7 Å². The molecule has 0 spiro atoms. The van der Waals surface area contributed by atoms with Crippen molar-refractivity contribution in [2.24, 2.45) is 0 Å². The Bertz CT molecular complexity index is 643. The summed E-state index contributed by atoms with van der Waals surface area (Å²) in [7, 11) is 2.44. The van der Waals surface area contributed by atoms with E-state index < -0.39 is 0 Å². The van der Waals surface area contributed by atoms with Gasteiger partial charge in [-0.25, -0.2) is 0 Å². The largest absolute Gasteiger partial charge is 0.357 e. The molecule has 0 amide bonds. The molecule has 0 aliphatic rings. The van der Waals surface area contributed by atoms with Crippen LogP contribution in [0.15, 0.2) is 91.0 Å². The lowest BCUT2D eigenvalue weighted by Crippen LogP contribution is -2.13. The van der Waals surface area contributed by atoms with Crippen LogP contribution in [0.4, 0.5) is 0 Å². The van der Waals surface area contributed by atoms with Crippen LogP contribution >= 0.6 is 9.47 Å². The normalized spacial score (nSPS) is 12.3. The van der Waals surface area contributed by atoms with E-state index in [1.54, 1.807) is 0 Å². The van der Waals surface area contributed by atoms with Crippen LogP contribution in [-0.2, 0) is 4.52 Å². The van der Waals surface area contributed by atoms with Crippen molar-refractivity contribution in [2.75, 3.05) is 0 Å². The summed E-state index contributed by atoms with van der Waals surface area (Å²) in [4.78, 5) is 0. The molecule has 2 atom stereocenters. The van der Waals surface area contributed by atoms with Gasteiger partial charge in [-0.15, -0.1) is 0 Å². The van der Waals surface area contributed by atoms with E-state index in [2.05, 4.69) is 82.3 Å². The molecule has 3 aromatic rings.